The molecule has 0 aliphatic rings. The van der Waals surface area contributed by atoms with Gasteiger partial charge in [0.1, 0.15) is 0 Å². The molecule has 0 spiro atoms. The van der Waals surface area contributed by atoms with E-state index in [4.69, 9.17) is 15.0 Å². The molecule has 4 heteroatoms. The molecule has 65 heavy (non-hydrogen) atoms. The summed E-state index contributed by atoms with van der Waals surface area (Å²) in [6, 6.07) is 76.6. The minimum absolute atomic E-state index is 0. The van der Waals surface area contributed by atoms with Crippen molar-refractivity contribution in [1.82, 2.24) is 15.0 Å². The fraction of sp³-hybridized carbons (Fsp3) is 0.0656. The number of aryl methyl sites for hydroxylation is 4. The Morgan fingerprint density at radius 1 is 0.323 bits per heavy atom. The van der Waals surface area contributed by atoms with E-state index in [0.717, 1.165) is 64.8 Å². The van der Waals surface area contributed by atoms with Gasteiger partial charge < -0.3 is 15.0 Å². The van der Waals surface area contributed by atoms with Crippen molar-refractivity contribution >= 4 is 32.3 Å². The monoisotopic (exact) mass is 1010 g/mol. The van der Waals surface area contributed by atoms with Crippen LogP contribution in [0.3, 0.4) is 0 Å². The summed E-state index contributed by atoms with van der Waals surface area (Å²) < 4.78 is 0. The third kappa shape index (κ3) is 8.80. The van der Waals surface area contributed by atoms with Crippen molar-refractivity contribution in [3.05, 3.63) is 247 Å². The molecule has 0 radical (unpaired) electrons. The summed E-state index contributed by atoms with van der Waals surface area (Å²) in [5.41, 5.74) is 15.6. The molecule has 0 fully saturated rings. The second kappa shape index (κ2) is 18.8. The molecule has 0 aliphatic heterocycles. The first-order chi connectivity index (χ1) is 31.7. The Bertz CT molecular complexity index is 3210. The summed E-state index contributed by atoms with van der Waals surface area (Å²) in [6.07, 6.45) is 9.65. The predicted octanol–water partition coefficient (Wildman–Crippen LogP) is 14.6. The Kier molecular flexibility index (Phi) is 12.0. The molecule has 310 valence electrons. The number of nitrogens with zero attached hydrogens (tertiary/aromatic N) is 3. The Labute approximate surface area is 393 Å². The van der Waals surface area contributed by atoms with Gasteiger partial charge in [-0.15, -0.1) is 108 Å². The normalized spacial score (nSPS) is 11.2. The van der Waals surface area contributed by atoms with Crippen LogP contribution < -0.4 is 0 Å². The number of rotatable bonds is 11. The summed E-state index contributed by atoms with van der Waals surface area (Å²) in [5, 5.41) is 7.19. The fourth-order valence-electron chi connectivity index (χ4n) is 9.05. The van der Waals surface area contributed by atoms with Crippen LogP contribution >= 0.6 is 0 Å². The van der Waals surface area contributed by atoms with Crippen molar-refractivity contribution < 1.29 is 20.1 Å². The Morgan fingerprint density at radius 2 is 0.877 bits per heavy atom. The third-order valence-corrected chi connectivity index (χ3v) is 12.3. The molecule has 0 aliphatic carbocycles. The van der Waals surface area contributed by atoms with E-state index in [1.165, 1.54) is 71.4 Å². The molecular formula is C61H42IrN3. The van der Waals surface area contributed by atoms with Gasteiger partial charge in [-0.3, -0.25) is 0 Å². The van der Waals surface area contributed by atoms with Gasteiger partial charge in [-0.1, -0.05) is 109 Å². The molecule has 0 atom stereocenters. The zero-order chi connectivity index (χ0) is 42.7. The van der Waals surface area contributed by atoms with Crippen LogP contribution in [0, 0.1) is 18.2 Å². The molecule has 3 heterocycles. The van der Waals surface area contributed by atoms with E-state index < -0.39 is 0 Å². The quantitative estimate of drug-likeness (QED) is 0.0957. The van der Waals surface area contributed by atoms with Crippen molar-refractivity contribution in [2.24, 2.45) is 0 Å². The first kappa shape index (κ1) is 41.6. The van der Waals surface area contributed by atoms with Crippen molar-refractivity contribution in [1.29, 1.82) is 0 Å². The minimum Gasteiger partial charge on any atom is -0.304 e. The first-order valence-corrected chi connectivity index (χ1v) is 22.0. The summed E-state index contributed by atoms with van der Waals surface area (Å²) in [6.45, 7) is 0. The fourth-order valence-corrected chi connectivity index (χ4v) is 9.05. The van der Waals surface area contributed by atoms with Crippen LogP contribution in [0.1, 0.15) is 22.3 Å². The van der Waals surface area contributed by atoms with E-state index in [2.05, 4.69) is 164 Å². The summed E-state index contributed by atoms with van der Waals surface area (Å²) >= 11 is 0. The molecule has 0 unspecified atom stereocenters. The predicted molar refractivity (Wildman–Crippen MR) is 264 cm³/mol. The maximum Gasteiger partial charge on any atom is 3.00 e. The van der Waals surface area contributed by atoms with Gasteiger partial charge in [0.2, 0.25) is 0 Å². The number of fused-ring (bicyclic) bond motifs is 6. The maximum absolute atomic E-state index is 5.10. The van der Waals surface area contributed by atoms with Gasteiger partial charge in [-0.05, 0) is 120 Å². The Morgan fingerprint density at radius 3 is 1.45 bits per heavy atom. The molecule has 0 saturated carbocycles. The smallest absolute Gasteiger partial charge is 0.304 e. The van der Waals surface area contributed by atoms with Crippen molar-refractivity contribution in [3.63, 3.8) is 0 Å². The van der Waals surface area contributed by atoms with E-state index in [0.29, 0.717) is 0 Å². The minimum atomic E-state index is 0. The standard InChI is InChI=1S/C61H42N3.Ir/c1-5-14-46(15-6-1)50-30-31-53-55(37-50)54-23-13-22-52(61(54)57-41-64-60(38-56(53)57)49-20-11-4-12-21-49)51-35-44(26-24-42-28-32-58(62-39-42)47-16-7-2-8-17-47)34-45(36-51)27-25-43-29-33-59(63-40-43)48-18-9-3-10-19-48;/h1-16,18,20,22-23,28-41H,24-27H2;/q-3;+3. The van der Waals surface area contributed by atoms with Crippen LogP contribution in [0.4, 0.5) is 0 Å². The van der Waals surface area contributed by atoms with Gasteiger partial charge in [0, 0.05) is 24.0 Å². The second-order valence-electron chi connectivity index (χ2n) is 16.4. The average Bonchev–Trinajstić information content (AvgIpc) is 3.38. The Hall–Kier alpha value is -7.36. The van der Waals surface area contributed by atoms with E-state index in [1.807, 2.05) is 60.9 Å². The largest absolute Gasteiger partial charge is 3.00 e. The third-order valence-electron chi connectivity index (χ3n) is 12.3. The molecule has 0 bridgehead atoms. The van der Waals surface area contributed by atoms with Gasteiger partial charge in [0.05, 0.1) is 0 Å². The number of benzene rings is 8. The first-order valence-electron chi connectivity index (χ1n) is 22.0. The summed E-state index contributed by atoms with van der Waals surface area (Å²) in [4.78, 5) is 14.7. The van der Waals surface area contributed by atoms with Crippen LogP contribution in [0.15, 0.2) is 207 Å². The van der Waals surface area contributed by atoms with E-state index in [1.54, 1.807) is 0 Å². The molecule has 3 nitrogen and oxygen atoms in total. The molecule has 0 N–H and O–H groups in total. The zero-order valence-corrected chi connectivity index (χ0v) is 38.0. The van der Waals surface area contributed by atoms with Crippen molar-refractivity contribution in [2.75, 3.05) is 0 Å². The second-order valence-corrected chi connectivity index (χ2v) is 16.4. The molecule has 11 aromatic rings. The van der Waals surface area contributed by atoms with Gasteiger partial charge >= 0.3 is 20.1 Å². The van der Waals surface area contributed by atoms with Crippen molar-refractivity contribution in [2.45, 2.75) is 25.7 Å². The molecule has 11 rings (SSSR count). The molecule has 8 aromatic carbocycles. The van der Waals surface area contributed by atoms with Gasteiger partial charge in [0.15, 0.2) is 0 Å². The van der Waals surface area contributed by atoms with Crippen LogP contribution in [-0.2, 0) is 45.8 Å². The SMILES string of the molecule is [Ir+3].[c-]1ccccc1-c1ccc(CCc2cc(CCc3ccc(-c4[c-]cccc4)nc3)cc(-c3cccc4c5cc(-c6ccccc6)ccc5c5cc(-c6[c-]cccc6)ncc5c34)c2)cn1. The van der Waals surface area contributed by atoms with E-state index >= 15 is 0 Å². The van der Waals surface area contributed by atoms with Gasteiger partial charge in [0.25, 0.3) is 0 Å². The Balaban J connectivity index is 0.00000498. The van der Waals surface area contributed by atoms with Gasteiger partial charge in [-0.2, -0.15) is 0 Å². The molecular weight excluding hydrogens is 967 g/mol. The van der Waals surface area contributed by atoms with E-state index in [-0.39, 0.29) is 20.1 Å². The molecule has 3 aromatic heterocycles. The number of hydrogen-bond acceptors (Lipinski definition) is 3. The van der Waals surface area contributed by atoms with Crippen LogP contribution in [0.2, 0.25) is 0 Å². The topological polar surface area (TPSA) is 38.7 Å². The number of hydrogen-bond donors (Lipinski definition) is 0. The summed E-state index contributed by atoms with van der Waals surface area (Å²) in [7, 11) is 0. The molecule has 0 amide bonds. The number of aromatic nitrogens is 3. The van der Waals surface area contributed by atoms with Crippen molar-refractivity contribution in [3.8, 4) is 56.0 Å². The molecule has 0 saturated heterocycles. The average molecular weight is 1010 g/mol. The van der Waals surface area contributed by atoms with Gasteiger partial charge in [-0.25, -0.2) is 0 Å². The summed E-state index contributed by atoms with van der Waals surface area (Å²) in [5.74, 6) is 0. The maximum atomic E-state index is 5.10. The zero-order valence-electron chi connectivity index (χ0n) is 35.6. The van der Waals surface area contributed by atoms with Crippen LogP contribution in [0.25, 0.3) is 88.3 Å². The van der Waals surface area contributed by atoms with Crippen LogP contribution in [0.5, 0.6) is 0 Å². The van der Waals surface area contributed by atoms with E-state index in [9.17, 15) is 0 Å². The number of pyridine rings is 3. The van der Waals surface area contributed by atoms with Crippen LogP contribution in [-0.4, -0.2) is 15.0 Å².